The average molecular weight is 269 g/mol. The zero-order chi connectivity index (χ0) is 13.8. The average Bonchev–Trinajstić information content (AvgIpc) is 3.08. The van der Waals surface area contributed by atoms with Gasteiger partial charge in [-0.2, -0.15) is 0 Å². The first kappa shape index (κ1) is 14.3. The van der Waals surface area contributed by atoms with Gasteiger partial charge in [0.2, 0.25) is 5.91 Å². The monoisotopic (exact) mass is 269 g/mol. The van der Waals surface area contributed by atoms with Gasteiger partial charge in [0.1, 0.15) is 6.54 Å². The molecular weight excluding hydrogens is 246 g/mol. The lowest BCUT2D eigenvalue weighted by Crippen LogP contribution is -2.41. The predicted molar refractivity (Wildman–Crippen MR) is 69.7 cm³/mol. The number of carboxylic acids is 1. The van der Waals surface area contributed by atoms with Crippen molar-refractivity contribution in [1.82, 2.24) is 4.90 Å². The topological polar surface area (TPSA) is 66.8 Å². The molecule has 2 aliphatic rings. The minimum Gasteiger partial charge on any atom is -0.480 e. The summed E-state index contributed by atoms with van der Waals surface area (Å²) in [4.78, 5) is 24.5. The number of carbonyl (C=O) groups excluding carboxylic acids is 1. The number of rotatable bonds is 8. The van der Waals surface area contributed by atoms with Crippen LogP contribution in [0.25, 0.3) is 0 Å². The smallest absolute Gasteiger partial charge is 0.323 e. The van der Waals surface area contributed by atoms with E-state index in [0.717, 1.165) is 32.3 Å². The highest BCUT2D eigenvalue weighted by Crippen LogP contribution is 2.34. The summed E-state index contributed by atoms with van der Waals surface area (Å²) in [5, 5.41) is 8.87. The molecule has 1 amide bonds. The normalized spacial score (nSPS) is 25.7. The molecule has 108 valence electrons. The van der Waals surface area contributed by atoms with E-state index in [-0.39, 0.29) is 12.5 Å². The van der Waals surface area contributed by atoms with E-state index in [2.05, 4.69) is 0 Å². The van der Waals surface area contributed by atoms with Crippen LogP contribution in [0, 0.1) is 11.8 Å². The number of hydrogen-bond donors (Lipinski definition) is 1. The van der Waals surface area contributed by atoms with Gasteiger partial charge in [0, 0.05) is 19.6 Å². The van der Waals surface area contributed by atoms with Crippen LogP contribution in [0.4, 0.5) is 0 Å². The zero-order valence-electron chi connectivity index (χ0n) is 11.5. The van der Waals surface area contributed by atoms with Crippen molar-refractivity contribution in [2.24, 2.45) is 11.8 Å². The van der Waals surface area contributed by atoms with Crippen LogP contribution in [0.5, 0.6) is 0 Å². The van der Waals surface area contributed by atoms with E-state index in [1.807, 2.05) is 6.92 Å². The number of ether oxygens (including phenoxy) is 1. The fraction of sp³-hybridized carbons (Fsp3) is 0.857. The minimum absolute atomic E-state index is 0.00533. The predicted octanol–water partition coefficient (Wildman–Crippen LogP) is 1.51. The molecule has 19 heavy (non-hydrogen) atoms. The van der Waals surface area contributed by atoms with Crippen LogP contribution in [0.2, 0.25) is 0 Å². The van der Waals surface area contributed by atoms with Crippen molar-refractivity contribution in [1.29, 1.82) is 0 Å². The molecular formula is C14H23NO4. The van der Waals surface area contributed by atoms with Gasteiger partial charge in [-0.15, -0.1) is 0 Å². The molecule has 0 bridgehead atoms. The van der Waals surface area contributed by atoms with Crippen LogP contribution in [-0.2, 0) is 14.3 Å². The minimum atomic E-state index is -0.921. The van der Waals surface area contributed by atoms with E-state index < -0.39 is 5.97 Å². The Bertz CT molecular complexity index is 334. The second kappa shape index (κ2) is 6.37. The van der Waals surface area contributed by atoms with E-state index in [0.29, 0.717) is 30.9 Å². The molecule has 5 heteroatoms. The molecule has 0 saturated heterocycles. The van der Waals surface area contributed by atoms with Crippen LogP contribution in [0.15, 0.2) is 0 Å². The quantitative estimate of drug-likeness (QED) is 0.725. The molecule has 2 aliphatic carbocycles. The van der Waals surface area contributed by atoms with Gasteiger partial charge in [0.15, 0.2) is 0 Å². The van der Waals surface area contributed by atoms with Crippen LogP contribution in [0.1, 0.15) is 39.0 Å². The molecule has 0 spiro atoms. The van der Waals surface area contributed by atoms with Gasteiger partial charge in [0.05, 0.1) is 6.10 Å². The third-order valence-electron chi connectivity index (χ3n) is 3.91. The maximum absolute atomic E-state index is 12.1. The standard InChI is InChI=1S/C14H23NO4/c1-2-19-12-5-11(6-12)7-13(16)15(9-14(17)18)8-10-3-4-10/h10-12H,2-9H2,1H3,(H,17,18). The van der Waals surface area contributed by atoms with Crippen molar-refractivity contribution in [3.63, 3.8) is 0 Å². The second-order valence-corrected chi connectivity index (χ2v) is 5.73. The fourth-order valence-corrected chi connectivity index (χ4v) is 2.62. The summed E-state index contributed by atoms with van der Waals surface area (Å²) in [6.45, 7) is 3.16. The molecule has 0 aromatic heterocycles. The van der Waals surface area contributed by atoms with Gasteiger partial charge in [-0.1, -0.05) is 0 Å². The maximum Gasteiger partial charge on any atom is 0.323 e. The van der Waals surface area contributed by atoms with Crippen LogP contribution >= 0.6 is 0 Å². The Balaban J connectivity index is 1.74. The second-order valence-electron chi connectivity index (χ2n) is 5.73. The van der Waals surface area contributed by atoms with Crippen molar-refractivity contribution in [3.8, 4) is 0 Å². The Morgan fingerprint density at radius 1 is 1.26 bits per heavy atom. The third kappa shape index (κ3) is 4.49. The fourth-order valence-electron chi connectivity index (χ4n) is 2.62. The molecule has 0 atom stereocenters. The Morgan fingerprint density at radius 2 is 1.95 bits per heavy atom. The molecule has 2 saturated carbocycles. The number of hydrogen-bond acceptors (Lipinski definition) is 3. The molecule has 2 fully saturated rings. The third-order valence-corrected chi connectivity index (χ3v) is 3.91. The summed E-state index contributed by atoms with van der Waals surface area (Å²) in [5.74, 6) is -0.0236. The lowest BCUT2D eigenvalue weighted by atomic mass is 9.79. The van der Waals surface area contributed by atoms with Crippen molar-refractivity contribution in [2.45, 2.75) is 45.1 Å². The van der Waals surface area contributed by atoms with Gasteiger partial charge in [-0.05, 0) is 44.4 Å². The molecule has 2 rings (SSSR count). The van der Waals surface area contributed by atoms with Gasteiger partial charge < -0.3 is 14.7 Å². The van der Waals surface area contributed by atoms with E-state index >= 15 is 0 Å². The SMILES string of the molecule is CCOC1CC(CC(=O)N(CC(=O)O)CC2CC2)C1. The number of carbonyl (C=O) groups is 2. The van der Waals surface area contributed by atoms with Crippen LogP contribution < -0.4 is 0 Å². The maximum atomic E-state index is 12.1. The van der Waals surface area contributed by atoms with Crippen molar-refractivity contribution in [3.05, 3.63) is 0 Å². The van der Waals surface area contributed by atoms with Crippen molar-refractivity contribution >= 4 is 11.9 Å². The Hall–Kier alpha value is -1.10. The van der Waals surface area contributed by atoms with E-state index in [1.54, 1.807) is 0 Å². The lowest BCUT2D eigenvalue weighted by Gasteiger charge is -2.35. The highest BCUT2D eigenvalue weighted by Gasteiger charge is 2.34. The molecule has 0 aliphatic heterocycles. The summed E-state index contributed by atoms with van der Waals surface area (Å²) >= 11 is 0. The summed E-state index contributed by atoms with van der Waals surface area (Å²) < 4.78 is 5.47. The molecule has 5 nitrogen and oxygen atoms in total. The van der Waals surface area contributed by atoms with Gasteiger partial charge >= 0.3 is 5.97 Å². The Morgan fingerprint density at radius 3 is 2.47 bits per heavy atom. The lowest BCUT2D eigenvalue weighted by molar-refractivity contribution is -0.146. The largest absolute Gasteiger partial charge is 0.480 e. The van der Waals surface area contributed by atoms with Crippen molar-refractivity contribution < 1.29 is 19.4 Å². The highest BCUT2D eigenvalue weighted by atomic mass is 16.5. The van der Waals surface area contributed by atoms with Gasteiger partial charge in [-0.3, -0.25) is 9.59 Å². The molecule has 0 heterocycles. The molecule has 0 radical (unpaired) electrons. The van der Waals surface area contributed by atoms with E-state index in [1.165, 1.54) is 4.90 Å². The summed E-state index contributed by atoms with van der Waals surface area (Å²) in [6, 6.07) is 0. The Labute approximate surface area is 113 Å². The van der Waals surface area contributed by atoms with Gasteiger partial charge in [-0.25, -0.2) is 0 Å². The molecule has 1 N–H and O–H groups in total. The number of amides is 1. The van der Waals surface area contributed by atoms with E-state index in [4.69, 9.17) is 9.84 Å². The molecule has 0 aromatic rings. The number of nitrogens with zero attached hydrogens (tertiary/aromatic N) is 1. The summed E-state index contributed by atoms with van der Waals surface area (Å²) in [5.41, 5.74) is 0. The van der Waals surface area contributed by atoms with Crippen LogP contribution in [0.3, 0.4) is 0 Å². The van der Waals surface area contributed by atoms with Crippen LogP contribution in [-0.4, -0.2) is 47.7 Å². The van der Waals surface area contributed by atoms with Crippen molar-refractivity contribution in [2.75, 3.05) is 19.7 Å². The highest BCUT2D eigenvalue weighted by molar-refractivity contribution is 5.81. The Kier molecular flexibility index (Phi) is 4.80. The first-order chi connectivity index (χ1) is 9.08. The first-order valence-electron chi connectivity index (χ1n) is 7.19. The molecule has 0 unspecified atom stereocenters. The first-order valence-corrected chi connectivity index (χ1v) is 7.19. The summed E-state index contributed by atoms with van der Waals surface area (Å²) in [6.07, 6.45) is 4.90. The van der Waals surface area contributed by atoms with E-state index in [9.17, 15) is 9.59 Å². The molecule has 0 aromatic carbocycles. The number of carboxylic acid groups (broad SMARTS) is 1. The zero-order valence-corrected chi connectivity index (χ0v) is 11.5. The number of aliphatic carboxylic acids is 1. The summed E-state index contributed by atoms with van der Waals surface area (Å²) in [7, 11) is 0. The van der Waals surface area contributed by atoms with Gasteiger partial charge in [0.25, 0.3) is 0 Å².